The van der Waals surface area contributed by atoms with Gasteiger partial charge in [-0.2, -0.15) is 0 Å². The Morgan fingerprint density at radius 1 is 1.10 bits per heavy atom. The Morgan fingerprint density at radius 2 is 1.97 bits per heavy atom. The molecule has 3 aliphatic rings. The molecule has 6 rings (SSSR count). The minimum Gasteiger partial charge on any atom is -0.325 e. The third kappa shape index (κ3) is 3.16. The van der Waals surface area contributed by atoms with Crippen LogP contribution in [0.15, 0.2) is 54.9 Å². The van der Waals surface area contributed by atoms with E-state index in [1.807, 2.05) is 6.07 Å². The average molecular weight is 431 g/mol. The summed E-state index contributed by atoms with van der Waals surface area (Å²) >= 11 is 6.50. The summed E-state index contributed by atoms with van der Waals surface area (Å²) < 4.78 is 0. The summed E-state index contributed by atoms with van der Waals surface area (Å²) in [6.45, 7) is 6.43. The van der Waals surface area contributed by atoms with Crippen LogP contribution in [0.1, 0.15) is 48.1 Å². The van der Waals surface area contributed by atoms with E-state index in [1.54, 1.807) is 6.33 Å². The number of aromatic nitrogens is 2. The smallest absolute Gasteiger partial charge is 0.140 e. The number of fused-ring (bicyclic) bond motifs is 3. The third-order valence-corrected chi connectivity index (χ3v) is 7.71. The Kier molecular flexibility index (Phi) is 4.55. The van der Waals surface area contributed by atoms with Crippen LogP contribution in [0.4, 0.5) is 11.5 Å². The van der Waals surface area contributed by atoms with E-state index >= 15 is 0 Å². The van der Waals surface area contributed by atoms with Crippen LogP contribution in [0.2, 0.25) is 5.02 Å². The molecule has 31 heavy (non-hydrogen) atoms. The average Bonchev–Trinajstić information content (AvgIpc) is 3.46. The van der Waals surface area contributed by atoms with Gasteiger partial charge in [0, 0.05) is 47.0 Å². The number of benzene rings is 2. The van der Waals surface area contributed by atoms with Gasteiger partial charge in [-0.25, -0.2) is 9.97 Å². The van der Waals surface area contributed by atoms with Gasteiger partial charge >= 0.3 is 0 Å². The normalized spacial score (nSPS) is 24.7. The molecule has 158 valence electrons. The van der Waals surface area contributed by atoms with E-state index in [0.29, 0.717) is 5.92 Å². The molecule has 0 amide bonds. The Bertz CT molecular complexity index is 1130. The first kappa shape index (κ1) is 19.3. The second-order valence-electron chi connectivity index (χ2n) is 9.47. The number of hydrogen-bond donors (Lipinski definition) is 0. The number of nitrogens with zero attached hydrogens (tertiary/aromatic N) is 4. The number of hydrogen-bond acceptors (Lipinski definition) is 4. The zero-order valence-corrected chi connectivity index (χ0v) is 18.6. The van der Waals surface area contributed by atoms with Gasteiger partial charge < -0.3 is 4.90 Å². The monoisotopic (exact) mass is 430 g/mol. The SMILES string of the molecule is C[C@@H]1CCc2ncnc(N3C[C@@]4(CCN(Cc5ccccc5)C4)c4cc(Cl)ccc43)c21. The van der Waals surface area contributed by atoms with Gasteiger partial charge in [0.2, 0.25) is 0 Å². The summed E-state index contributed by atoms with van der Waals surface area (Å²) in [5.74, 6) is 1.62. The molecule has 1 spiro atoms. The highest BCUT2D eigenvalue weighted by Gasteiger charge is 2.48. The topological polar surface area (TPSA) is 32.3 Å². The molecule has 1 aromatic heterocycles. The lowest BCUT2D eigenvalue weighted by molar-refractivity contribution is 0.307. The number of aryl methyl sites for hydroxylation is 1. The maximum atomic E-state index is 6.50. The molecule has 1 aliphatic carbocycles. The summed E-state index contributed by atoms with van der Waals surface area (Å²) in [6, 6.07) is 17.2. The van der Waals surface area contributed by atoms with Crippen LogP contribution < -0.4 is 4.90 Å². The number of anilines is 2. The lowest BCUT2D eigenvalue weighted by Crippen LogP contribution is -2.35. The van der Waals surface area contributed by atoms with Crippen molar-refractivity contribution in [2.24, 2.45) is 0 Å². The molecule has 2 aromatic carbocycles. The molecule has 1 saturated heterocycles. The van der Waals surface area contributed by atoms with Crippen LogP contribution in [0.3, 0.4) is 0 Å². The largest absolute Gasteiger partial charge is 0.325 e. The Morgan fingerprint density at radius 3 is 2.84 bits per heavy atom. The first-order valence-corrected chi connectivity index (χ1v) is 11.7. The maximum Gasteiger partial charge on any atom is 0.140 e. The first-order valence-electron chi connectivity index (χ1n) is 11.3. The quantitative estimate of drug-likeness (QED) is 0.551. The van der Waals surface area contributed by atoms with E-state index in [-0.39, 0.29) is 5.41 Å². The first-order chi connectivity index (χ1) is 15.1. The second kappa shape index (κ2) is 7.32. The molecule has 2 aliphatic heterocycles. The zero-order chi connectivity index (χ0) is 21.0. The third-order valence-electron chi connectivity index (χ3n) is 7.47. The Labute approximate surface area is 188 Å². The van der Waals surface area contributed by atoms with Crippen molar-refractivity contribution in [2.45, 2.75) is 44.1 Å². The van der Waals surface area contributed by atoms with Crippen LogP contribution in [0, 0.1) is 0 Å². The lowest BCUT2D eigenvalue weighted by atomic mass is 9.81. The van der Waals surface area contributed by atoms with Crippen molar-refractivity contribution in [1.82, 2.24) is 14.9 Å². The number of likely N-dealkylation sites (tertiary alicyclic amines) is 1. The highest BCUT2D eigenvalue weighted by molar-refractivity contribution is 6.30. The molecular formula is C26H27ClN4. The van der Waals surface area contributed by atoms with Crippen LogP contribution in [-0.2, 0) is 18.4 Å². The fourth-order valence-electron chi connectivity index (χ4n) is 5.95. The molecule has 2 atom stereocenters. The predicted octanol–water partition coefficient (Wildman–Crippen LogP) is 5.48. The highest BCUT2D eigenvalue weighted by Crippen LogP contribution is 2.51. The van der Waals surface area contributed by atoms with Crippen LogP contribution in [0.25, 0.3) is 0 Å². The fourth-order valence-corrected chi connectivity index (χ4v) is 6.12. The summed E-state index contributed by atoms with van der Waals surface area (Å²) in [5.41, 5.74) is 6.70. The summed E-state index contributed by atoms with van der Waals surface area (Å²) in [5, 5.41) is 0.822. The molecule has 0 unspecified atom stereocenters. The minimum absolute atomic E-state index is 0.0920. The molecule has 5 heteroatoms. The van der Waals surface area contributed by atoms with Gasteiger partial charge in [0.25, 0.3) is 0 Å². The van der Waals surface area contributed by atoms with E-state index in [1.165, 1.54) is 34.5 Å². The van der Waals surface area contributed by atoms with Crippen molar-refractivity contribution in [2.75, 3.05) is 24.5 Å². The van der Waals surface area contributed by atoms with Gasteiger partial charge in [0.15, 0.2) is 0 Å². The van der Waals surface area contributed by atoms with Gasteiger partial charge in [-0.05, 0) is 61.1 Å². The van der Waals surface area contributed by atoms with Crippen molar-refractivity contribution in [3.05, 3.63) is 82.3 Å². The number of halogens is 1. The van der Waals surface area contributed by atoms with Gasteiger partial charge in [-0.1, -0.05) is 48.9 Å². The summed E-state index contributed by atoms with van der Waals surface area (Å²) in [7, 11) is 0. The summed E-state index contributed by atoms with van der Waals surface area (Å²) in [6.07, 6.45) is 5.12. The number of rotatable bonds is 3. The van der Waals surface area contributed by atoms with E-state index < -0.39 is 0 Å². The van der Waals surface area contributed by atoms with Gasteiger partial charge in [0.1, 0.15) is 12.1 Å². The standard InChI is InChI=1S/C26H27ClN4/c1-18-7-9-22-24(18)25(29-17-28-22)31-16-26(21-13-20(27)8-10-23(21)31)11-12-30(15-26)14-19-5-3-2-4-6-19/h2-6,8,10,13,17-18H,7,9,11-12,14-16H2,1H3/t18-,26+/m1/s1. The summed E-state index contributed by atoms with van der Waals surface area (Å²) in [4.78, 5) is 14.5. The van der Waals surface area contributed by atoms with Gasteiger partial charge in [-0.3, -0.25) is 4.90 Å². The molecule has 0 saturated carbocycles. The van der Waals surface area contributed by atoms with Crippen molar-refractivity contribution >= 4 is 23.1 Å². The van der Waals surface area contributed by atoms with E-state index in [2.05, 4.69) is 64.2 Å². The molecule has 3 aromatic rings. The van der Waals surface area contributed by atoms with Crippen LogP contribution in [-0.4, -0.2) is 34.5 Å². The minimum atomic E-state index is 0.0920. The van der Waals surface area contributed by atoms with E-state index in [9.17, 15) is 0 Å². The van der Waals surface area contributed by atoms with E-state index in [4.69, 9.17) is 16.6 Å². The Balaban J connectivity index is 1.38. The molecule has 1 fully saturated rings. The molecular weight excluding hydrogens is 404 g/mol. The van der Waals surface area contributed by atoms with Gasteiger partial charge in [0.05, 0.1) is 0 Å². The zero-order valence-electron chi connectivity index (χ0n) is 17.9. The second-order valence-corrected chi connectivity index (χ2v) is 9.91. The fraction of sp³-hybridized carbons (Fsp3) is 0.385. The van der Waals surface area contributed by atoms with Crippen molar-refractivity contribution in [3.8, 4) is 0 Å². The molecule has 4 nitrogen and oxygen atoms in total. The maximum absolute atomic E-state index is 6.50. The van der Waals surface area contributed by atoms with Crippen LogP contribution in [0.5, 0.6) is 0 Å². The Hall–Kier alpha value is -2.43. The van der Waals surface area contributed by atoms with Crippen molar-refractivity contribution < 1.29 is 0 Å². The van der Waals surface area contributed by atoms with Crippen LogP contribution >= 0.6 is 11.6 Å². The van der Waals surface area contributed by atoms with E-state index in [0.717, 1.165) is 49.9 Å². The van der Waals surface area contributed by atoms with Gasteiger partial charge in [-0.15, -0.1) is 0 Å². The van der Waals surface area contributed by atoms with Crippen molar-refractivity contribution in [3.63, 3.8) is 0 Å². The lowest BCUT2D eigenvalue weighted by Gasteiger charge is -2.27. The molecule has 3 heterocycles. The molecule has 0 N–H and O–H groups in total. The predicted molar refractivity (Wildman–Crippen MR) is 125 cm³/mol. The highest BCUT2D eigenvalue weighted by atomic mass is 35.5. The molecule has 0 radical (unpaired) electrons. The van der Waals surface area contributed by atoms with Crippen molar-refractivity contribution in [1.29, 1.82) is 0 Å². The molecule has 0 bridgehead atoms.